The zero-order valence-corrected chi connectivity index (χ0v) is 17.5. The van der Waals surface area contributed by atoms with Gasteiger partial charge in [0.2, 0.25) is 5.89 Å². The second kappa shape index (κ2) is 8.14. The number of amides is 2. The van der Waals surface area contributed by atoms with Gasteiger partial charge < -0.3 is 19.5 Å². The van der Waals surface area contributed by atoms with Crippen LogP contribution < -0.4 is 5.32 Å². The van der Waals surface area contributed by atoms with Gasteiger partial charge >= 0.3 is 6.03 Å². The molecule has 1 N–H and O–H groups in total. The molecule has 156 valence electrons. The Morgan fingerprint density at radius 3 is 2.45 bits per heavy atom. The maximum atomic E-state index is 12.7. The molecule has 2 saturated heterocycles. The molecule has 2 aliphatic rings. The van der Waals surface area contributed by atoms with Gasteiger partial charge in [0.25, 0.3) is 0 Å². The second-order valence-corrected chi connectivity index (χ2v) is 8.70. The number of benzene rings is 1. The number of likely N-dealkylation sites (tertiary alicyclic amines) is 1. The number of carbonyl (C=O) groups is 1. The van der Waals surface area contributed by atoms with Crippen molar-refractivity contribution in [1.29, 1.82) is 0 Å². The van der Waals surface area contributed by atoms with Crippen LogP contribution in [-0.2, 0) is 10.2 Å². The smallest absolute Gasteiger partial charge is 0.321 e. The number of hydrogen-bond donors (Lipinski definition) is 1. The normalized spacial score (nSPS) is 19.9. The van der Waals surface area contributed by atoms with Crippen LogP contribution >= 0.6 is 0 Å². The van der Waals surface area contributed by atoms with E-state index in [1.54, 1.807) is 0 Å². The molecule has 3 heterocycles. The Bertz CT molecular complexity index is 844. The summed E-state index contributed by atoms with van der Waals surface area (Å²) in [6.07, 6.45) is 3.51. The predicted octanol–water partition coefficient (Wildman–Crippen LogP) is 4.17. The molecule has 29 heavy (non-hydrogen) atoms. The molecular formula is C22H30N4O3. The number of ether oxygens (including phenoxy) is 1. The van der Waals surface area contributed by atoms with Crippen molar-refractivity contribution in [1.82, 2.24) is 15.0 Å². The number of piperidine rings is 1. The Morgan fingerprint density at radius 1 is 1.14 bits per heavy atom. The lowest BCUT2D eigenvalue weighted by molar-refractivity contribution is 0.0778. The van der Waals surface area contributed by atoms with Gasteiger partial charge in [0.1, 0.15) is 0 Å². The number of hydrogen-bond acceptors (Lipinski definition) is 5. The van der Waals surface area contributed by atoms with E-state index in [2.05, 4.69) is 23.5 Å². The summed E-state index contributed by atoms with van der Waals surface area (Å²) in [6.45, 7) is 9.10. The van der Waals surface area contributed by atoms with Gasteiger partial charge in [0.05, 0.1) is 0 Å². The molecular weight excluding hydrogens is 368 g/mol. The SMILES string of the molecule is Cc1cc(C)cc(NC(=O)N2CCC(C)(c3noc(C4CCOCC4)n3)CC2)c1. The maximum absolute atomic E-state index is 12.7. The molecule has 0 unspecified atom stereocenters. The van der Waals surface area contributed by atoms with Crippen LogP contribution in [0.3, 0.4) is 0 Å². The number of aromatic nitrogens is 2. The molecule has 2 aromatic rings. The Labute approximate surface area is 171 Å². The van der Waals surface area contributed by atoms with Crippen LogP contribution in [0.2, 0.25) is 0 Å². The Kier molecular flexibility index (Phi) is 5.58. The van der Waals surface area contributed by atoms with Gasteiger partial charge in [-0.05, 0) is 62.8 Å². The van der Waals surface area contributed by atoms with E-state index in [1.807, 2.05) is 30.9 Å². The number of rotatable bonds is 3. The highest BCUT2D eigenvalue weighted by Crippen LogP contribution is 2.35. The highest BCUT2D eigenvalue weighted by molar-refractivity contribution is 5.89. The molecule has 0 spiro atoms. The molecule has 0 radical (unpaired) electrons. The minimum atomic E-state index is -0.163. The van der Waals surface area contributed by atoms with E-state index in [0.717, 1.165) is 67.4 Å². The number of aryl methyl sites for hydroxylation is 2. The van der Waals surface area contributed by atoms with Gasteiger partial charge in [-0.3, -0.25) is 0 Å². The summed E-state index contributed by atoms with van der Waals surface area (Å²) >= 11 is 0. The fourth-order valence-corrected chi connectivity index (χ4v) is 4.27. The lowest BCUT2D eigenvalue weighted by Crippen LogP contribution is -2.46. The molecule has 1 aromatic carbocycles. The zero-order chi connectivity index (χ0) is 20.4. The van der Waals surface area contributed by atoms with Gasteiger partial charge in [0, 0.05) is 43.3 Å². The summed E-state index contributed by atoms with van der Waals surface area (Å²) in [5.41, 5.74) is 2.97. The van der Waals surface area contributed by atoms with Gasteiger partial charge in [-0.25, -0.2) is 4.79 Å². The first-order valence-corrected chi connectivity index (χ1v) is 10.5. The molecule has 7 nitrogen and oxygen atoms in total. The molecule has 4 rings (SSSR count). The van der Waals surface area contributed by atoms with Gasteiger partial charge in [-0.1, -0.05) is 18.1 Å². The maximum Gasteiger partial charge on any atom is 0.321 e. The molecule has 2 aliphatic heterocycles. The Hall–Kier alpha value is -2.41. The van der Waals surface area contributed by atoms with E-state index in [4.69, 9.17) is 14.2 Å². The number of anilines is 1. The molecule has 0 atom stereocenters. The summed E-state index contributed by atoms with van der Waals surface area (Å²) in [5.74, 6) is 1.81. The van der Waals surface area contributed by atoms with E-state index in [0.29, 0.717) is 19.0 Å². The van der Waals surface area contributed by atoms with E-state index >= 15 is 0 Å². The van der Waals surface area contributed by atoms with Crippen LogP contribution in [0.5, 0.6) is 0 Å². The zero-order valence-electron chi connectivity index (χ0n) is 17.5. The van der Waals surface area contributed by atoms with Crippen molar-refractivity contribution in [3.63, 3.8) is 0 Å². The summed E-state index contributed by atoms with van der Waals surface area (Å²) < 4.78 is 11.0. The van der Waals surface area contributed by atoms with Crippen LogP contribution in [0.25, 0.3) is 0 Å². The molecule has 0 bridgehead atoms. The average molecular weight is 399 g/mol. The van der Waals surface area contributed by atoms with Crippen molar-refractivity contribution < 1.29 is 14.1 Å². The molecule has 7 heteroatoms. The number of carbonyl (C=O) groups excluding carboxylic acids is 1. The first-order chi connectivity index (χ1) is 13.9. The van der Waals surface area contributed by atoms with Gasteiger partial charge in [-0.15, -0.1) is 0 Å². The molecule has 0 aliphatic carbocycles. The lowest BCUT2D eigenvalue weighted by atomic mass is 9.79. The quantitative estimate of drug-likeness (QED) is 0.839. The third kappa shape index (κ3) is 4.45. The van der Waals surface area contributed by atoms with Crippen LogP contribution in [0.15, 0.2) is 22.7 Å². The second-order valence-electron chi connectivity index (χ2n) is 8.70. The average Bonchev–Trinajstić information content (AvgIpc) is 3.19. The fourth-order valence-electron chi connectivity index (χ4n) is 4.27. The largest absolute Gasteiger partial charge is 0.381 e. The summed E-state index contributed by atoms with van der Waals surface area (Å²) in [4.78, 5) is 19.3. The standard InChI is InChI=1S/C22H30N4O3/c1-15-12-16(2)14-18(13-15)23-21(27)26-8-6-22(3,7-9-26)20-24-19(29-25-20)17-4-10-28-11-5-17/h12-14,17H,4-11H2,1-3H3,(H,23,27). The number of nitrogens with zero attached hydrogens (tertiary/aromatic N) is 3. The first-order valence-electron chi connectivity index (χ1n) is 10.5. The van der Waals surface area contributed by atoms with Crippen LogP contribution in [0.4, 0.5) is 10.5 Å². The highest BCUT2D eigenvalue weighted by Gasteiger charge is 2.38. The number of urea groups is 1. The molecule has 2 fully saturated rings. The van der Waals surface area contributed by atoms with E-state index in [-0.39, 0.29) is 11.4 Å². The molecule has 1 aromatic heterocycles. The van der Waals surface area contributed by atoms with Crippen molar-refractivity contribution in [2.45, 2.75) is 57.8 Å². The van der Waals surface area contributed by atoms with Crippen molar-refractivity contribution >= 4 is 11.7 Å². The van der Waals surface area contributed by atoms with Crippen LogP contribution in [-0.4, -0.2) is 47.4 Å². The Morgan fingerprint density at radius 2 is 1.79 bits per heavy atom. The summed E-state index contributed by atoms with van der Waals surface area (Å²) in [7, 11) is 0. The lowest BCUT2D eigenvalue weighted by Gasteiger charge is -2.37. The van der Waals surface area contributed by atoms with Crippen molar-refractivity contribution in [2.75, 3.05) is 31.6 Å². The van der Waals surface area contributed by atoms with Crippen molar-refractivity contribution in [3.05, 3.63) is 41.0 Å². The fraction of sp³-hybridized carbons (Fsp3) is 0.591. The first kappa shape index (κ1) is 19.9. The van der Waals surface area contributed by atoms with Crippen molar-refractivity contribution in [3.8, 4) is 0 Å². The van der Waals surface area contributed by atoms with Crippen LogP contribution in [0.1, 0.15) is 61.4 Å². The molecule has 2 amide bonds. The summed E-state index contributed by atoms with van der Waals surface area (Å²) in [5, 5.41) is 7.33. The molecule has 0 saturated carbocycles. The van der Waals surface area contributed by atoms with E-state index < -0.39 is 0 Å². The van der Waals surface area contributed by atoms with E-state index in [1.165, 1.54) is 0 Å². The predicted molar refractivity (Wildman–Crippen MR) is 110 cm³/mol. The van der Waals surface area contributed by atoms with Crippen LogP contribution in [0, 0.1) is 13.8 Å². The third-order valence-corrected chi connectivity index (χ3v) is 6.18. The highest BCUT2D eigenvalue weighted by atomic mass is 16.5. The monoisotopic (exact) mass is 398 g/mol. The van der Waals surface area contributed by atoms with Gasteiger partial charge in [0.15, 0.2) is 5.82 Å². The van der Waals surface area contributed by atoms with E-state index in [9.17, 15) is 4.79 Å². The number of nitrogens with one attached hydrogen (secondary N) is 1. The van der Waals surface area contributed by atoms with Crippen molar-refractivity contribution in [2.24, 2.45) is 0 Å². The van der Waals surface area contributed by atoms with Gasteiger partial charge in [-0.2, -0.15) is 4.98 Å². The Balaban J connectivity index is 1.36. The minimum Gasteiger partial charge on any atom is -0.381 e. The summed E-state index contributed by atoms with van der Waals surface area (Å²) in [6, 6.07) is 6.04. The topological polar surface area (TPSA) is 80.5 Å². The third-order valence-electron chi connectivity index (χ3n) is 6.18. The minimum absolute atomic E-state index is 0.0481.